The van der Waals surface area contributed by atoms with Gasteiger partial charge in [0, 0.05) is 23.4 Å². The lowest BCUT2D eigenvalue weighted by atomic mass is 9.73. The first-order valence-corrected chi connectivity index (χ1v) is 11.1. The molecule has 2 heterocycles. The molecule has 1 N–H and O–H groups in total. The Hall–Kier alpha value is -2.44. The Balaban J connectivity index is 1.69. The van der Waals surface area contributed by atoms with Crippen LogP contribution in [0, 0.1) is 0 Å². The number of halogens is 1. The highest BCUT2D eigenvalue weighted by Crippen LogP contribution is 2.49. The minimum atomic E-state index is -0.855. The van der Waals surface area contributed by atoms with E-state index in [1.807, 2.05) is 39.0 Å². The SMILES string of the molecule is CC(C)Oc1ncc(-c2cnc([C@@H](C(=O)O)C3(C)CCc4ccccc43)s2)cc1Cl. The van der Waals surface area contributed by atoms with E-state index in [-0.39, 0.29) is 6.10 Å². The van der Waals surface area contributed by atoms with E-state index in [0.717, 1.165) is 28.8 Å². The van der Waals surface area contributed by atoms with Gasteiger partial charge in [-0.2, -0.15) is 0 Å². The first-order chi connectivity index (χ1) is 14.3. The van der Waals surface area contributed by atoms with E-state index in [1.165, 1.54) is 16.9 Å². The number of ether oxygens (including phenoxy) is 1. The van der Waals surface area contributed by atoms with Gasteiger partial charge in [-0.1, -0.05) is 42.8 Å². The van der Waals surface area contributed by atoms with Crippen LogP contribution in [0.2, 0.25) is 5.02 Å². The predicted molar refractivity (Wildman–Crippen MR) is 119 cm³/mol. The molecule has 2 aromatic heterocycles. The van der Waals surface area contributed by atoms with Gasteiger partial charge >= 0.3 is 5.97 Å². The van der Waals surface area contributed by atoms with Crippen molar-refractivity contribution in [2.24, 2.45) is 0 Å². The van der Waals surface area contributed by atoms with E-state index in [9.17, 15) is 9.90 Å². The average molecular weight is 443 g/mol. The lowest BCUT2D eigenvalue weighted by Gasteiger charge is -2.31. The van der Waals surface area contributed by atoms with Crippen LogP contribution in [0.4, 0.5) is 0 Å². The Morgan fingerprint density at radius 2 is 2.03 bits per heavy atom. The van der Waals surface area contributed by atoms with Crippen molar-refractivity contribution in [3.63, 3.8) is 0 Å². The fourth-order valence-corrected chi connectivity index (χ4v) is 5.55. The number of carboxylic acid groups (broad SMARTS) is 1. The number of benzene rings is 1. The van der Waals surface area contributed by atoms with Crippen molar-refractivity contribution >= 4 is 28.9 Å². The van der Waals surface area contributed by atoms with E-state index in [2.05, 4.69) is 16.0 Å². The largest absolute Gasteiger partial charge is 0.481 e. The molecule has 0 radical (unpaired) electrons. The van der Waals surface area contributed by atoms with Crippen LogP contribution < -0.4 is 4.74 Å². The number of aliphatic carboxylic acids is 1. The molecule has 0 saturated heterocycles. The molecule has 2 atom stereocenters. The molecule has 3 aromatic rings. The van der Waals surface area contributed by atoms with Gasteiger partial charge in [-0.3, -0.25) is 4.79 Å². The summed E-state index contributed by atoms with van der Waals surface area (Å²) in [5, 5.41) is 11.2. The Morgan fingerprint density at radius 1 is 1.27 bits per heavy atom. The summed E-state index contributed by atoms with van der Waals surface area (Å²) in [5.41, 5.74) is 2.62. The first kappa shape index (κ1) is 20.8. The van der Waals surface area contributed by atoms with Gasteiger partial charge in [0.05, 0.1) is 11.0 Å². The van der Waals surface area contributed by atoms with Crippen LogP contribution in [0.15, 0.2) is 42.7 Å². The van der Waals surface area contributed by atoms with Gasteiger partial charge in [-0.05, 0) is 43.9 Å². The summed E-state index contributed by atoms with van der Waals surface area (Å²) in [7, 11) is 0. The molecule has 0 amide bonds. The van der Waals surface area contributed by atoms with Gasteiger partial charge in [0.15, 0.2) is 0 Å². The predicted octanol–water partition coefficient (Wildman–Crippen LogP) is 5.72. The maximum atomic E-state index is 12.4. The van der Waals surface area contributed by atoms with Crippen LogP contribution in [-0.2, 0) is 16.6 Å². The number of pyridine rings is 1. The molecular formula is C23H23ClN2O3S. The number of fused-ring (bicyclic) bond motifs is 1. The smallest absolute Gasteiger partial charge is 0.314 e. The third-order valence-electron chi connectivity index (χ3n) is 5.64. The zero-order valence-electron chi connectivity index (χ0n) is 17.1. The third-order valence-corrected chi connectivity index (χ3v) is 7.02. The molecule has 156 valence electrons. The molecule has 0 aliphatic heterocycles. The molecule has 4 rings (SSSR count). The van der Waals surface area contributed by atoms with Crippen molar-refractivity contribution in [2.45, 2.75) is 51.0 Å². The molecule has 1 unspecified atom stereocenters. The molecule has 0 bridgehead atoms. The van der Waals surface area contributed by atoms with Crippen molar-refractivity contribution in [3.05, 3.63) is 63.9 Å². The van der Waals surface area contributed by atoms with Crippen molar-refractivity contribution in [1.82, 2.24) is 9.97 Å². The minimum Gasteiger partial charge on any atom is -0.481 e. The van der Waals surface area contributed by atoms with E-state index in [4.69, 9.17) is 16.3 Å². The zero-order valence-corrected chi connectivity index (χ0v) is 18.6. The normalized spacial score (nSPS) is 19.0. The average Bonchev–Trinajstić information content (AvgIpc) is 3.29. The highest BCUT2D eigenvalue weighted by Gasteiger charge is 2.47. The lowest BCUT2D eigenvalue weighted by Crippen LogP contribution is -2.33. The van der Waals surface area contributed by atoms with Crippen LogP contribution in [0.3, 0.4) is 0 Å². The number of aryl methyl sites for hydroxylation is 1. The fraction of sp³-hybridized carbons (Fsp3) is 0.348. The topological polar surface area (TPSA) is 72.3 Å². The summed E-state index contributed by atoms with van der Waals surface area (Å²) in [6.07, 6.45) is 5.03. The molecule has 0 spiro atoms. The molecule has 5 nitrogen and oxygen atoms in total. The first-order valence-electron chi connectivity index (χ1n) is 9.89. The number of thiazole rings is 1. The molecule has 0 saturated carbocycles. The zero-order chi connectivity index (χ0) is 21.5. The summed E-state index contributed by atoms with van der Waals surface area (Å²) in [6.45, 7) is 5.86. The van der Waals surface area contributed by atoms with Gasteiger partial charge in [0.2, 0.25) is 5.88 Å². The Kier molecular flexibility index (Phi) is 5.55. The van der Waals surface area contributed by atoms with E-state index in [0.29, 0.717) is 15.9 Å². The number of carboxylic acids is 1. The fourth-order valence-electron chi connectivity index (χ4n) is 4.20. The van der Waals surface area contributed by atoms with Gasteiger partial charge in [0.1, 0.15) is 15.9 Å². The van der Waals surface area contributed by atoms with E-state index >= 15 is 0 Å². The number of hydrogen-bond acceptors (Lipinski definition) is 5. The van der Waals surface area contributed by atoms with Crippen molar-refractivity contribution in [3.8, 4) is 16.3 Å². The molecule has 0 fully saturated rings. The molecule has 7 heteroatoms. The quantitative estimate of drug-likeness (QED) is 0.528. The van der Waals surface area contributed by atoms with Crippen LogP contribution in [0.5, 0.6) is 5.88 Å². The third kappa shape index (κ3) is 3.70. The molecular weight excluding hydrogens is 420 g/mol. The summed E-state index contributed by atoms with van der Waals surface area (Å²) in [4.78, 5) is 22.0. The second-order valence-corrected chi connectivity index (χ2v) is 9.56. The highest BCUT2D eigenvalue weighted by atomic mass is 35.5. The van der Waals surface area contributed by atoms with Gasteiger partial charge in [-0.25, -0.2) is 9.97 Å². The highest BCUT2D eigenvalue weighted by molar-refractivity contribution is 7.15. The number of hydrogen-bond donors (Lipinski definition) is 1. The van der Waals surface area contributed by atoms with Crippen LogP contribution in [0.1, 0.15) is 49.2 Å². The summed E-state index contributed by atoms with van der Waals surface area (Å²) in [6, 6.07) is 9.89. The number of aromatic nitrogens is 2. The molecule has 1 aliphatic carbocycles. The monoisotopic (exact) mass is 442 g/mol. The Bertz CT molecular complexity index is 1100. The van der Waals surface area contributed by atoms with Crippen LogP contribution >= 0.6 is 22.9 Å². The second-order valence-electron chi connectivity index (χ2n) is 8.09. The maximum Gasteiger partial charge on any atom is 0.314 e. The van der Waals surface area contributed by atoms with Crippen molar-refractivity contribution < 1.29 is 14.6 Å². The maximum absolute atomic E-state index is 12.4. The number of carbonyl (C=O) groups is 1. The molecule has 1 aliphatic rings. The van der Waals surface area contributed by atoms with Gasteiger partial charge in [0.25, 0.3) is 0 Å². The standard InChI is InChI=1S/C23H23ClN2O3S/c1-13(2)29-20-17(24)10-15(11-25-20)18-12-26-21(30-18)19(22(27)28)23(3)9-8-14-6-4-5-7-16(14)23/h4-7,10-13,19H,8-9H2,1-3H3,(H,27,28)/t19-,23?/m0/s1. The van der Waals surface area contributed by atoms with Crippen LogP contribution in [0.25, 0.3) is 10.4 Å². The Labute approximate surface area is 184 Å². The summed E-state index contributed by atoms with van der Waals surface area (Å²) >= 11 is 7.71. The minimum absolute atomic E-state index is 0.0257. The summed E-state index contributed by atoms with van der Waals surface area (Å²) < 4.78 is 5.59. The number of nitrogens with zero attached hydrogens (tertiary/aromatic N) is 2. The van der Waals surface area contributed by atoms with Crippen molar-refractivity contribution in [2.75, 3.05) is 0 Å². The molecule has 1 aromatic carbocycles. The number of rotatable bonds is 6. The lowest BCUT2D eigenvalue weighted by molar-refractivity contribution is -0.140. The van der Waals surface area contributed by atoms with Gasteiger partial charge < -0.3 is 9.84 Å². The van der Waals surface area contributed by atoms with Gasteiger partial charge in [-0.15, -0.1) is 11.3 Å². The van der Waals surface area contributed by atoms with Crippen LogP contribution in [-0.4, -0.2) is 27.1 Å². The van der Waals surface area contributed by atoms with E-state index in [1.54, 1.807) is 18.5 Å². The summed E-state index contributed by atoms with van der Waals surface area (Å²) in [5.74, 6) is -1.18. The van der Waals surface area contributed by atoms with Crippen molar-refractivity contribution in [1.29, 1.82) is 0 Å². The Morgan fingerprint density at radius 3 is 2.73 bits per heavy atom. The molecule has 30 heavy (non-hydrogen) atoms. The van der Waals surface area contributed by atoms with E-state index < -0.39 is 17.3 Å². The second kappa shape index (κ2) is 8.00.